The van der Waals surface area contributed by atoms with Crippen molar-refractivity contribution in [3.05, 3.63) is 65.5 Å². The van der Waals surface area contributed by atoms with Crippen molar-refractivity contribution < 1.29 is 23.8 Å². The van der Waals surface area contributed by atoms with E-state index in [4.69, 9.17) is 9.47 Å². The summed E-state index contributed by atoms with van der Waals surface area (Å²) in [4.78, 5) is 12.9. The highest BCUT2D eigenvalue weighted by Gasteiger charge is 2.31. The Morgan fingerprint density at radius 3 is 2.70 bits per heavy atom. The molecule has 0 spiro atoms. The number of hydrogen-bond donors (Lipinski definition) is 1. The number of piperidine rings is 1. The number of carbonyl (C=O) groups is 1. The fraction of sp³-hybridized carbons (Fsp3) is 0.286. The van der Waals surface area contributed by atoms with Crippen molar-refractivity contribution in [3.63, 3.8) is 0 Å². The van der Waals surface area contributed by atoms with Crippen LogP contribution in [0.5, 0.6) is 11.5 Å². The van der Waals surface area contributed by atoms with Gasteiger partial charge < -0.3 is 19.5 Å². The maximum Gasteiger partial charge on any atom is 0.407 e. The third kappa shape index (κ3) is 3.74. The van der Waals surface area contributed by atoms with E-state index in [-0.39, 0.29) is 24.4 Å². The number of amides is 1. The topological polar surface area (TPSA) is 59.0 Å². The molecule has 140 valence electrons. The number of carboxylic acid groups (broad SMARTS) is 1. The summed E-state index contributed by atoms with van der Waals surface area (Å²) in [5.74, 6) is 1.32. The minimum absolute atomic E-state index is 0.00531. The van der Waals surface area contributed by atoms with E-state index in [0.29, 0.717) is 25.3 Å². The molecule has 6 heteroatoms. The van der Waals surface area contributed by atoms with Crippen LogP contribution in [0.3, 0.4) is 0 Å². The lowest BCUT2D eigenvalue weighted by molar-refractivity contribution is 0.121. The van der Waals surface area contributed by atoms with Crippen LogP contribution >= 0.6 is 0 Å². The molecule has 2 aliphatic rings. The summed E-state index contributed by atoms with van der Waals surface area (Å²) in [5.41, 5.74) is 1.99. The summed E-state index contributed by atoms with van der Waals surface area (Å²) in [5, 5.41) is 9.36. The molecule has 2 aliphatic heterocycles. The Hall–Kier alpha value is -3.02. The van der Waals surface area contributed by atoms with E-state index in [1.54, 1.807) is 12.1 Å². The second kappa shape index (κ2) is 7.31. The van der Waals surface area contributed by atoms with Gasteiger partial charge in [-0.1, -0.05) is 30.4 Å². The summed E-state index contributed by atoms with van der Waals surface area (Å²) < 4.78 is 24.0. The SMILES string of the molecule is O=C(O)N1CC[C@@H](c2ccc(F)cc2)[C@H](/C=C/c2ccc3c(c2)OCO3)C1. The maximum atomic E-state index is 13.3. The molecule has 0 aromatic heterocycles. The van der Waals surface area contributed by atoms with Gasteiger partial charge in [0, 0.05) is 19.0 Å². The molecule has 2 aromatic carbocycles. The number of fused-ring (bicyclic) bond motifs is 1. The third-order valence-corrected chi connectivity index (χ3v) is 5.16. The van der Waals surface area contributed by atoms with Gasteiger partial charge in [-0.05, 0) is 47.7 Å². The van der Waals surface area contributed by atoms with E-state index in [9.17, 15) is 14.3 Å². The van der Waals surface area contributed by atoms with Crippen molar-refractivity contribution in [2.75, 3.05) is 19.9 Å². The molecule has 5 nitrogen and oxygen atoms in total. The quantitative estimate of drug-likeness (QED) is 0.874. The Kier molecular flexibility index (Phi) is 4.71. The number of ether oxygens (including phenoxy) is 2. The molecule has 0 bridgehead atoms. The van der Waals surface area contributed by atoms with Crippen LogP contribution in [0.4, 0.5) is 9.18 Å². The molecule has 2 atom stereocenters. The van der Waals surface area contributed by atoms with E-state index < -0.39 is 6.09 Å². The zero-order chi connectivity index (χ0) is 18.8. The van der Waals surface area contributed by atoms with Gasteiger partial charge in [0.25, 0.3) is 0 Å². The zero-order valence-electron chi connectivity index (χ0n) is 14.7. The Morgan fingerprint density at radius 1 is 1.15 bits per heavy atom. The van der Waals surface area contributed by atoms with E-state index in [1.165, 1.54) is 17.0 Å². The second-order valence-electron chi connectivity index (χ2n) is 6.81. The van der Waals surface area contributed by atoms with Gasteiger partial charge in [-0.15, -0.1) is 0 Å². The molecule has 4 rings (SSSR count). The average Bonchev–Trinajstić information content (AvgIpc) is 3.14. The van der Waals surface area contributed by atoms with Crippen LogP contribution in [0.2, 0.25) is 0 Å². The van der Waals surface area contributed by atoms with Gasteiger partial charge in [-0.2, -0.15) is 0 Å². The van der Waals surface area contributed by atoms with Gasteiger partial charge in [0.05, 0.1) is 0 Å². The molecular formula is C21H20FNO4. The zero-order valence-corrected chi connectivity index (χ0v) is 14.7. The third-order valence-electron chi connectivity index (χ3n) is 5.16. The molecular weight excluding hydrogens is 349 g/mol. The van der Waals surface area contributed by atoms with Crippen LogP contribution in [-0.4, -0.2) is 36.0 Å². The molecule has 0 unspecified atom stereocenters. The summed E-state index contributed by atoms with van der Waals surface area (Å²) in [6.45, 7) is 1.12. The highest BCUT2D eigenvalue weighted by atomic mass is 19.1. The number of halogens is 1. The van der Waals surface area contributed by atoms with E-state index in [1.807, 2.05) is 30.4 Å². The molecule has 0 aliphatic carbocycles. The molecule has 2 heterocycles. The molecule has 0 radical (unpaired) electrons. The van der Waals surface area contributed by atoms with Crippen molar-refractivity contribution in [1.82, 2.24) is 4.90 Å². The van der Waals surface area contributed by atoms with Crippen molar-refractivity contribution in [2.45, 2.75) is 12.3 Å². The minimum Gasteiger partial charge on any atom is -0.465 e. The van der Waals surface area contributed by atoms with E-state index >= 15 is 0 Å². The van der Waals surface area contributed by atoms with Gasteiger partial charge >= 0.3 is 6.09 Å². The largest absolute Gasteiger partial charge is 0.465 e. The van der Waals surface area contributed by atoms with E-state index in [2.05, 4.69) is 0 Å². The van der Waals surface area contributed by atoms with Crippen molar-refractivity contribution in [1.29, 1.82) is 0 Å². The number of likely N-dealkylation sites (tertiary alicyclic amines) is 1. The van der Waals surface area contributed by atoms with Crippen LogP contribution in [0.1, 0.15) is 23.5 Å². The standard InChI is InChI=1S/C21H20FNO4/c22-17-6-4-15(5-7-17)18-9-10-23(21(24)25)12-16(18)3-1-14-2-8-19-20(11-14)27-13-26-19/h1-8,11,16,18H,9-10,12-13H2,(H,24,25)/b3-1+/t16-,18+/m1/s1. The predicted molar refractivity (Wildman–Crippen MR) is 98.4 cm³/mol. The minimum atomic E-state index is -0.908. The fourth-order valence-corrected chi connectivity index (χ4v) is 3.73. The lowest BCUT2D eigenvalue weighted by atomic mass is 9.80. The Morgan fingerprint density at radius 2 is 1.93 bits per heavy atom. The van der Waals surface area contributed by atoms with Crippen molar-refractivity contribution in [3.8, 4) is 11.5 Å². The lowest BCUT2D eigenvalue weighted by Crippen LogP contribution is -2.41. The first-order chi connectivity index (χ1) is 13.1. The fourth-order valence-electron chi connectivity index (χ4n) is 3.73. The maximum absolute atomic E-state index is 13.3. The van der Waals surface area contributed by atoms with Gasteiger partial charge in [0.15, 0.2) is 11.5 Å². The van der Waals surface area contributed by atoms with Crippen LogP contribution < -0.4 is 9.47 Å². The number of rotatable bonds is 3. The van der Waals surface area contributed by atoms with Gasteiger partial charge in [0.2, 0.25) is 6.79 Å². The van der Waals surface area contributed by atoms with Crippen molar-refractivity contribution >= 4 is 12.2 Å². The number of nitrogens with zero attached hydrogens (tertiary/aromatic N) is 1. The molecule has 1 fully saturated rings. The van der Waals surface area contributed by atoms with Crippen molar-refractivity contribution in [2.24, 2.45) is 5.92 Å². The van der Waals surface area contributed by atoms with Crippen LogP contribution in [0.15, 0.2) is 48.5 Å². The van der Waals surface area contributed by atoms with E-state index in [0.717, 1.165) is 16.9 Å². The molecule has 1 saturated heterocycles. The van der Waals surface area contributed by atoms with Crippen LogP contribution in [0.25, 0.3) is 6.08 Å². The predicted octanol–water partition coefficient (Wildman–Crippen LogP) is 4.35. The molecule has 2 aromatic rings. The molecule has 0 saturated carbocycles. The highest BCUT2D eigenvalue weighted by Crippen LogP contribution is 2.36. The summed E-state index contributed by atoms with van der Waals surface area (Å²) >= 11 is 0. The molecule has 1 amide bonds. The first-order valence-electron chi connectivity index (χ1n) is 8.91. The number of benzene rings is 2. The normalized spacial score (nSPS) is 21.6. The molecule has 1 N–H and O–H groups in total. The highest BCUT2D eigenvalue weighted by molar-refractivity contribution is 5.65. The lowest BCUT2D eigenvalue weighted by Gasteiger charge is -2.36. The molecule has 27 heavy (non-hydrogen) atoms. The summed E-state index contributed by atoms with van der Waals surface area (Å²) in [6, 6.07) is 12.2. The Balaban J connectivity index is 1.58. The number of hydrogen-bond acceptors (Lipinski definition) is 3. The summed E-state index contributed by atoms with van der Waals surface area (Å²) in [6.07, 6.45) is 3.82. The van der Waals surface area contributed by atoms with Gasteiger partial charge in [0.1, 0.15) is 5.82 Å². The van der Waals surface area contributed by atoms with Gasteiger partial charge in [-0.25, -0.2) is 9.18 Å². The first-order valence-corrected chi connectivity index (χ1v) is 8.91. The van der Waals surface area contributed by atoms with Crippen LogP contribution in [-0.2, 0) is 0 Å². The van der Waals surface area contributed by atoms with Gasteiger partial charge in [-0.3, -0.25) is 0 Å². The monoisotopic (exact) mass is 369 g/mol. The summed E-state index contributed by atoms with van der Waals surface area (Å²) in [7, 11) is 0. The second-order valence-corrected chi connectivity index (χ2v) is 6.81. The smallest absolute Gasteiger partial charge is 0.407 e. The first kappa shape index (κ1) is 17.4. The van der Waals surface area contributed by atoms with Crippen LogP contribution in [0, 0.1) is 11.7 Å². The Bertz CT molecular complexity index is 865. The average molecular weight is 369 g/mol. The Labute approximate surface area is 156 Å².